The van der Waals surface area contributed by atoms with Crippen LogP contribution in [0.4, 0.5) is 18.9 Å². The van der Waals surface area contributed by atoms with Gasteiger partial charge in [-0.1, -0.05) is 56.7 Å². The second kappa shape index (κ2) is 14.6. The molecule has 0 aromatic heterocycles. The zero-order valence-corrected chi connectivity index (χ0v) is 26.2. The van der Waals surface area contributed by atoms with Gasteiger partial charge in [0.05, 0.1) is 23.3 Å². The van der Waals surface area contributed by atoms with Crippen molar-refractivity contribution in [2.75, 3.05) is 24.5 Å². The van der Waals surface area contributed by atoms with Crippen LogP contribution in [0.5, 0.6) is 5.75 Å². The number of sulfonamides is 1. The predicted octanol–water partition coefficient (Wildman–Crippen LogP) is 5.80. The Morgan fingerprint density at radius 3 is 2.23 bits per heavy atom. The minimum Gasteiger partial charge on any atom is -0.497 e. The van der Waals surface area contributed by atoms with Crippen molar-refractivity contribution in [2.45, 2.75) is 57.8 Å². The number of halogens is 3. The highest BCUT2D eigenvalue weighted by molar-refractivity contribution is 7.92. The topological polar surface area (TPSA) is 96.0 Å². The van der Waals surface area contributed by atoms with Crippen LogP contribution in [0.2, 0.25) is 0 Å². The van der Waals surface area contributed by atoms with Gasteiger partial charge in [0, 0.05) is 13.1 Å². The number of hydrogen-bond donors (Lipinski definition) is 1. The van der Waals surface area contributed by atoms with E-state index >= 15 is 0 Å². The van der Waals surface area contributed by atoms with Crippen molar-refractivity contribution in [1.29, 1.82) is 0 Å². The smallest absolute Gasteiger partial charge is 0.416 e. The number of aryl methyl sites for hydroxylation is 1. The molecule has 0 aliphatic rings. The van der Waals surface area contributed by atoms with E-state index in [0.29, 0.717) is 28.2 Å². The molecule has 0 heterocycles. The van der Waals surface area contributed by atoms with Gasteiger partial charge in [0.1, 0.15) is 18.3 Å². The molecule has 0 bridgehead atoms. The molecule has 0 saturated heterocycles. The van der Waals surface area contributed by atoms with E-state index in [9.17, 15) is 31.2 Å². The lowest BCUT2D eigenvalue weighted by Gasteiger charge is -2.33. The molecular weight excluding hydrogens is 595 g/mol. The number of methoxy groups -OCH3 is 1. The molecule has 0 fully saturated rings. The summed E-state index contributed by atoms with van der Waals surface area (Å²) >= 11 is 0. The Balaban J connectivity index is 2.12. The van der Waals surface area contributed by atoms with E-state index < -0.39 is 46.2 Å². The predicted molar refractivity (Wildman–Crippen MR) is 163 cm³/mol. The number of carbonyl (C=O) groups excluding carboxylic acids is 2. The summed E-state index contributed by atoms with van der Waals surface area (Å²) in [6.07, 6.45) is -4.55. The lowest BCUT2D eigenvalue weighted by Crippen LogP contribution is -2.52. The highest BCUT2D eigenvalue weighted by atomic mass is 32.2. The normalized spacial score (nSPS) is 12.5. The highest BCUT2D eigenvalue weighted by Crippen LogP contribution is 2.33. The van der Waals surface area contributed by atoms with Gasteiger partial charge in [0.15, 0.2) is 0 Å². The van der Waals surface area contributed by atoms with Gasteiger partial charge in [-0.3, -0.25) is 13.9 Å². The molecule has 8 nitrogen and oxygen atoms in total. The number of nitrogens with one attached hydrogen (secondary N) is 1. The van der Waals surface area contributed by atoms with Crippen molar-refractivity contribution < 1.29 is 35.9 Å². The first-order chi connectivity index (χ1) is 20.7. The fraction of sp³-hybridized carbons (Fsp3) is 0.375. The van der Waals surface area contributed by atoms with Gasteiger partial charge >= 0.3 is 6.18 Å². The third kappa shape index (κ3) is 8.75. The van der Waals surface area contributed by atoms with Gasteiger partial charge in [0.2, 0.25) is 11.8 Å². The summed E-state index contributed by atoms with van der Waals surface area (Å²) in [5.74, 6) is -0.549. The van der Waals surface area contributed by atoms with E-state index in [1.54, 1.807) is 50.2 Å². The van der Waals surface area contributed by atoms with Gasteiger partial charge in [-0.25, -0.2) is 8.42 Å². The van der Waals surface area contributed by atoms with E-state index in [1.807, 2.05) is 13.8 Å². The number of ether oxygens (including phenoxy) is 1. The summed E-state index contributed by atoms with van der Waals surface area (Å²) < 4.78 is 74.8. The van der Waals surface area contributed by atoms with Crippen LogP contribution < -0.4 is 14.4 Å². The van der Waals surface area contributed by atoms with Crippen molar-refractivity contribution in [2.24, 2.45) is 5.92 Å². The van der Waals surface area contributed by atoms with Crippen LogP contribution in [0.3, 0.4) is 0 Å². The second-order valence-electron chi connectivity index (χ2n) is 10.8. The summed E-state index contributed by atoms with van der Waals surface area (Å²) in [6.45, 7) is 6.75. The van der Waals surface area contributed by atoms with Crippen LogP contribution in [0.15, 0.2) is 77.7 Å². The maximum atomic E-state index is 14.1. The number of hydrogen-bond acceptors (Lipinski definition) is 5. The zero-order chi connectivity index (χ0) is 32.7. The summed E-state index contributed by atoms with van der Waals surface area (Å²) in [4.78, 5) is 28.5. The van der Waals surface area contributed by atoms with E-state index in [0.717, 1.165) is 17.7 Å². The molecular formula is C32H38F3N3O5S. The Labute approximate surface area is 256 Å². The van der Waals surface area contributed by atoms with E-state index in [1.165, 1.54) is 30.2 Å². The third-order valence-electron chi connectivity index (χ3n) is 6.91. The third-order valence-corrected chi connectivity index (χ3v) is 8.69. The SMILES string of the molecule is CC[C@@H](C(=O)NCC(C)C)N(Cc1cccc(OC)c1)C(=O)CN(c1cccc(C(F)(F)F)c1)S(=O)(=O)c1ccc(C)cc1. The first kappa shape index (κ1) is 34.4. The number of anilines is 1. The van der Waals surface area contributed by atoms with Crippen molar-refractivity contribution >= 4 is 27.5 Å². The molecule has 1 atom stereocenters. The molecule has 0 saturated carbocycles. The monoisotopic (exact) mass is 633 g/mol. The molecule has 44 heavy (non-hydrogen) atoms. The van der Waals surface area contributed by atoms with Crippen LogP contribution in [0, 0.1) is 12.8 Å². The summed E-state index contributed by atoms with van der Waals surface area (Å²) in [5.41, 5.74) is -0.0280. The number of amides is 2. The molecule has 238 valence electrons. The quantitative estimate of drug-likeness (QED) is 0.257. The van der Waals surface area contributed by atoms with E-state index in [4.69, 9.17) is 4.74 Å². The van der Waals surface area contributed by atoms with Gasteiger partial charge in [-0.15, -0.1) is 0 Å². The summed E-state index contributed by atoms with van der Waals surface area (Å²) in [5, 5.41) is 2.83. The van der Waals surface area contributed by atoms with Crippen LogP contribution in [0.25, 0.3) is 0 Å². The Morgan fingerprint density at radius 1 is 0.977 bits per heavy atom. The largest absolute Gasteiger partial charge is 0.497 e. The molecule has 3 rings (SSSR count). The number of rotatable bonds is 13. The lowest BCUT2D eigenvalue weighted by molar-refractivity contribution is -0.140. The Hall–Kier alpha value is -4.06. The van der Waals surface area contributed by atoms with Gasteiger partial charge in [-0.2, -0.15) is 13.2 Å². The van der Waals surface area contributed by atoms with Crippen molar-refractivity contribution in [3.8, 4) is 5.75 Å². The average molecular weight is 634 g/mol. The summed E-state index contributed by atoms with van der Waals surface area (Å²) in [7, 11) is -3.04. The van der Waals surface area contributed by atoms with Gasteiger partial charge in [0.25, 0.3) is 10.0 Å². The minimum atomic E-state index is -4.75. The average Bonchev–Trinajstić information content (AvgIpc) is 2.98. The van der Waals surface area contributed by atoms with Crippen molar-refractivity contribution in [3.63, 3.8) is 0 Å². The Kier molecular flexibility index (Phi) is 11.4. The van der Waals surface area contributed by atoms with Crippen molar-refractivity contribution in [1.82, 2.24) is 10.2 Å². The lowest BCUT2D eigenvalue weighted by atomic mass is 10.1. The second-order valence-corrected chi connectivity index (χ2v) is 12.7. The highest BCUT2D eigenvalue weighted by Gasteiger charge is 2.36. The molecule has 3 aromatic rings. The van der Waals surface area contributed by atoms with Crippen LogP contribution in [-0.2, 0) is 32.3 Å². The number of nitrogens with zero attached hydrogens (tertiary/aromatic N) is 2. The molecule has 1 N–H and O–H groups in total. The Bertz CT molecular complexity index is 1540. The van der Waals surface area contributed by atoms with Crippen LogP contribution >= 0.6 is 0 Å². The van der Waals surface area contributed by atoms with Gasteiger partial charge in [-0.05, 0) is 67.3 Å². The molecule has 0 aliphatic heterocycles. The first-order valence-electron chi connectivity index (χ1n) is 14.1. The van der Waals surface area contributed by atoms with Crippen LogP contribution in [0.1, 0.15) is 43.9 Å². The molecule has 0 unspecified atom stereocenters. The first-order valence-corrected chi connectivity index (χ1v) is 15.6. The van der Waals surface area contributed by atoms with E-state index in [-0.39, 0.29) is 29.5 Å². The number of alkyl halides is 3. The number of benzene rings is 3. The maximum absolute atomic E-state index is 14.1. The van der Waals surface area contributed by atoms with E-state index in [2.05, 4.69) is 5.32 Å². The molecule has 0 radical (unpaired) electrons. The fourth-order valence-corrected chi connectivity index (χ4v) is 5.92. The molecule has 0 aliphatic carbocycles. The summed E-state index contributed by atoms with van der Waals surface area (Å²) in [6, 6.07) is 15.4. The molecule has 2 amide bonds. The minimum absolute atomic E-state index is 0.0787. The number of carbonyl (C=O) groups is 2. The maximum Gasteiger partial charge on any atom is 0.416 e. The fourth-order valence-electron chi connectivity index (χ4n) is 4.51. The Morgan fingerprint density at radius 2 is 1.64 bits per heavy atom. The molecule has 12 heteroatoms. The zero-order valence-electron chi connectivity index (χ0n) is 25.4. The van der Waals surface area contributed by atoms with Crippen molar-refractivity contribution in [3.05, 3.63) is 89.5 Å². The standard InChI is InChI=1S/C32H38F3N3O5S/c1-6-29(31(40)36-19-22(2)3)37(20-24-9-7-12-27(17-24)43-5)30(39)21-38(26-11-8-10-25(18-26)32(33,34)35)44(41,42)28-15-13-23(4)14-16-28/h7-18,22,29H,6,19-21H2,1-5H3,(H,36,40)/t29-/m0/s1. The molecule has 0 spiro atoms. The molecule has 3 aromatic carbocycles. The van der Waals surface area contributed by atoms with Crippen LogP contribution in [-0.4, -0.2) is 51.4 Å². The van der Waals surface area contributed by atoms with Gasteiger partial charge < -0.3 is 15.0 Å².